The molecule has 0 fully saturated rings. The molecule has 1 rings (SSSR count). The van der Waals surface area contributed by atoms with Gasteiger partial charge in [0.25, 0.3) is 0 Å². The van der Waals surface area contributed by atoms with Gasteiger partial charge in [-0.3, -0.25) is 33.6 Å². The Labute approximate surface area is 490 Å². The van der Waals surface area contributed by atoms with E-state index in [1.165, 1.54) is 58.9 Å². The Morgan fingerprint density at radius 2 is 1.04 bits per heavy atom. The number of Topliss-reactive ketones (excluding diaryl/α,β-unsaturated/α-hetero) is 1. The van der Waals surface area contributed by atoms with Gasteiger partial charge in [0, 0.05) is 38.9 Å². The molecule has 23 heteroatoms. The van der Waals surface area contributed by atoms with Crippen molar-refractivity contribution in [2.75, 3.05) is 93.1 Å². The fourth-order valence-electron chi connectivity index (χ4n) is 7.33. The van der Waals surface area contributed by atoms with E-state index in [2.05, 4.69) is 37.6 Å². The van der Waals surface area contributed by atoms with E-state index in [1.54, 1.807) is 0 Å². The highest BCUT2D eigenvalue weighted by molar-refractivity contribution is 5.91. The van der Waals surface area contributed by atoms with Crippen LogP contribution < -0.4 is 43.4 Å². The standard InChI is InChI=1S/C29H52N2O9.C25H41N5O6.2C2H6.CH5N/c32-20-22-40-24-23-39-21-19-30-26(33)18-17-25(29(37)38)31-27(34)15-13-11-9-7-5-3-1-2-4-6-8-10-12-14-16-28(35)36;1-19(31)22(16-20-8-4-3-5-9-20)30-23(32)17-29-25(34)21(26)10-6-7-11-28-24(33)18-36-15-14-35-13-12-27-2;3*1-2/h20,25H,1-19,21-24H2,(H,30,33)(H,31,34)(H,35,36)(H,37,38);3-5,8-9,21-22,27H,6-7,10-18,26H2,1-2H3,(H,28,33)(H,29,34)(H,30,32);2*1-2H3;2H2,1H3/t25-;21-,22-;;;/m00.../s1. The molecule has 23 nitrogen and oxygen atoms in total. The zero-order chi connectivity index (χ0) is 62.3. The van der Waals surface area contributed by atoms with Crippen LogP contribution in [-0.4, -0.2) is 175 Å². The maximum absolute atomic E-state index is 12.2. The molecule has 0 heterocycles. The Kier molecular flexibility index (Phi) is 65.5. The minimum atomic E-state index is -1.16. The molecule has 3 atom stereocenters. The molecular weight excluding hydrogens is 1060 g/mol. The predicted molar refractivity (Wildman–Crippen MR) is 320 cm³/mol. The molecule has 5 amide bonds. The summed E-state index contributed by atoms with van der Waals surface area (Å²) in [6, 6.07) is 6.84. The lowest BCUT2D eigenvalue weighted by Gasteiger charge is -2.17. The lowest BCUT2D eigenvalue weighted by Crippen LogP contribution is -2.48. The fourth-order valence-corrected chi connectivity index (χ4v) is 7.33. The van der Waals surface area contributed by atoms with Crippen LogP contribution in [0.15, 0.2) is 30.3 Å². The number of nitrogens with two attached hydrogens (primary N) is 2. The highest BCUT2D eigenvalue weighted by Gasteiger charge is 2.22. The van der Waals surface area contributed by atoms with Crippen LogP contribution in [0.4, 0.5) is 0 Å². The summed E-state index contributed by atoms with van der Waals surface area (Å²) in [5.74, 6) is -3.76. The number of nitrogens with one attached hydrogen (secondary N) is 6. The van der Waals surface area contributed by atoms with Crippen molar-refractivity contribution < 1.29 is 72.3 Å². The summed E-state index contributed by atoms with van der Waals surface area (Å²) in [5.41, 5.74) is 11.3. The molecule has 12 N–H and O–H groups in total. The summed E-state index contributed by atoms with van der Waals surface area (Å²) >= 11 is 0. The van der Waals surface area contributed by atoms with Gasteiger partial charge >= 0.3 is 11.9 Å². The first kappa shape index (κ1) is 83.0. The maximum Gasteiger partial charge on any atom is 0.326 e. The zero-order valence-corrected chi connectivity index (χ0v) is 51.1. The van der Waals surface area contributed by atoms with E-state index in [4.69, 9.17) is 29.8 Å². The second-order valence-electron chi connectivity index (χ2n) is 18.4. The summed E-state index contributed by atoms with van der Waals surface area (Å²) in [7, 11) is 3.34. The van der Waals surface area contributed by atoms with Gasteiger partial charge in [-0.25, -0.2) is 4.79 Å². The number of rotatable bonds is 50. The molecule has 0 aliphatic carbocycles. The zero-order valence-electron chi connectivity index (χ0n) is 51.1. The van der Waals surface area contributed by atoms with Gasteiger partial charge in [-0.2, -0.15) is 0 Å². The van der Waals surface area contributed by atoms with Crippen molar-refractivity contribution in [2.24, 2.45) is 11.5 Å². The number of hydrogen-bond acceptors (Lipinski definition) is 16. The number of carbonyl (C=O) groups is 9. The second kappa shape index (κ2) is 64.7. The third kappa shape index (κ3) is 59.2. The maximum atomic E-state index is 12.2. The van der Waals surface area contributed by atoms with Crippen molar-refractivity contribution in [1.82, 2.24) is 31.9 Å². The van der Waals surface area contributed by atoms with Crippen LogP contribution >= 0.6 is 0 Å². The summed E-state index contributed by atoms with van der Waals surface area (Å²) in [6.45, 7) is 12.9. The Hall–Kier alpha value is -5.43. The number of hydrogen-bond donors (Lipinski definition) is 10. The normalized spacial score (nSPS) is 11.3. The SMILES string of the molecule is CC.CC.CN.CNCCOCCOCC(=O)NCCCC[C@H](N)C(=O)NCC(=O)N[C@@H](Cc1ccccc1)C(C)=O.O=CCOCCOCCNC(=O)CC[C@H](NC(=O)CCCCCCCCCCCCCCCCC(=O)O)C(=O)O. The fraction of sp³-hybridized carbons (Fsp3) is 0.746. The molecule has 476 valence electrons. The van der Waals surface area contributed by atoms with E-state index >= 15 is 0 Å². The van der Waals surface area contributed by atoms with Crippen molar-refractivity contribution in [3.8, 4) is 0 Å². The number of benzene rings is 1. The number of amides is 5. The van der Waals surface area contributed by atoms with E-state index in [-0.39, 0.29) is 88.7 Å². The topological polar surface area (TPSA) is 355 Å². The smallest absolute Gasteiger partial charge is 0.326 e. The molecule has 0 aliphatic heterocycles. The van der Waals surface area contributed by atoms with Crippen molar-refractivity contribution in [3.05, 3.63) is 35.9 Å². The Morgan fingerprint density at radius 1 is 0.537 bits per heavy atom. The average Bonchev–Trinajstić information content (AvgIpc) is 3.47. The van der Waals surface area contributed by atoms with Crippen LogP contribution in [0.5, 0.6) is 0 Å². The Bertz CT molecular complexity index is 1730. The van der Waals surface area contributed by atoms with Gasteiger partial charge in [0.2, 0.25) is 29.5 Å². The quantitative estimate of drug-likeness (QED) is 0.0305. The summed E-state index contributed by atoms with van der Waals surface area (Å²) in [5, 5.41) is 34.0. The number of likely N-dealkylation sites (N-methyl/N-ethyl adjacent to an activating group) is 1. The number of aliphatic carboxylic acids is 2. The second-order valence-corrected chi connectivity index (χ2v) is 18.4. The number of unbranched alkanes of at least 4 members (excludes halogenated alkanes) is 14. The van der Waals surface area contributed by atoms with E-state index < -0.39 is 41.9 Å². The number of ether oxygens (including phenoxy) is 4. The number of aldehydes is 1. The van der Waals surface area contributed by atoms with Gasteiger partial charge in [-0.05, 0) is 71.5 Å². The number of carboxylic acid groups (broad SMARTS) is 2. The largest absolute Gasteiger partial charge is 0.481 e. The van der Waals surface area contributed by atoms with E-state index in [1.807, 2.05) is 65.1 Å². The molecule has 0 radical (unpaired) electrons. The van der Waals surface area contributed by atoms with Crippen LogP contribution in [0.1, 0.15) is 175 Å². The van der Waals surface area contributed by atoms with E-state index in [0.29, 0.717) is 71.4 Å². The summed E-state index contributed by atoms with van der Waals surface area (Å²) in [4.78, 5) is 104. The number of ketones is 1. The van der Waals surface area contributed by atoms with Crippen LogP contribution in [0.3, 0.4) is 0 Å². The summed E-state index contributed by atoms with van der Waals surface area (Å²) in [6.07, 6.45) is 18.6. The lowest BCUT2D eigenvalue weighted by atomic mass is 10.0. The molecule has 0 unspecified atom stereocenters. The van der Waals surface area contributed by atoms with Gasteiger partial charge in [0.15, 0.2) is 5.78 Å². The molecule has 1 aromatic rings. The van der Waals surface area contributed by atoms with Crippen LogP contribution in [0.25, 0.3) is 0 Å². The molecule has 0 spiro atoms. The average molecular weight is 1170 g/mol. The first-order valence-electron chi connectivity index (χ1n) is 29.8. The first-order valence-corrected chi connectivity index (χ1v) is 29.8. The van der Waals surface area contributed by atoms with Gasteiger partial charge in [0.1, 0.15) is 25.5 Å². The highest BCUT2D eigenvalue weighted by atomic mass is 16.5. The minimum absolute atomic E-state index is 0.0140. The molecule has 0 saturated heterocycles. The Morgan fingerprint density at radius 3 is 1.56 bits per heavy atom. The van der Waals surface area contributed by atoms with Crippen LogP contribution in [0.2, 0.25) is 0 Å². The van der Waals surface area contributed by atoms with Gasteiger partial charge in [0.05, 0.1) is 58.3 Å². The van der Waals surface area contributed by atoms with Crippen LogP contribution in [0, 0.1) is 0 Å². The molecular formula is C59H110N8O15. The number of carboxylic acids is 2. The third-order valence-electron chi connectivity index (χ3n) is 11.7. The van der Waals surface area contributed by atoms with E-state index in [0.717, 1.165) is 50.6 Å². The van der Waals surface area contributed by atoms with Crippen LogP contribution in [-0.2, 0) is 68.5 Å². The molecule has 0 bridgehead atoms. The predicted octanol–water partition coefficient (Wildman–Crippen LogP) is 4.92. The number of carbonyl (C=O) groups excluding carboxylic acids is 7. The minimum Gasteiger partial charge on any atom is -0.481 e. The molecule has 0 saturated carbocycles. The molecule has 0 aromatic heterocycles. The van der Waals surface area contributed by atoms with Gasteiger partial charge < -0.3 is 77.3 Å². The Balaban J connectivity index is -0.000000682. The van der Waals surface area contributed by atoms with Gasteiger partial charge in [-0.15, -0.1) is 0 Å². The highest BCUT2D eigenvalue weighted by Crippen LogP contribution is 2.14. The van der Waals surface area contributed by atoms with E-state index in [9.17, 15) is 48.3 Å². The molecule has 0 aliphatic rings. The van der Waals surface area contributed by atoms with Crippen molar-refractivity contribution in [2.45, 2.75) is 194 Å². The van der Waals surface area contributed by atoms with Crippen molar-refractivity contribution in [3.63, 3.8) is 0 Å². The van der Waals surface area contributed by atoms with Gasteiger partial charge in [-0.1, -0.05) is 135 Å². The monoisotopic (exact) mass is 1170 g/mol. The van der Waals surface area contributed by atoms with Crippen molar-refractivity contribution >= 4 is 53.5 Å². The lowest BCUT2D eigenvalue weighted by molar-refractivity contribution is -0.142. The molecule has 82 heavy (non-hydrogen) atoms. The molecule has 1 aromatic carbocycles. The third-order valence-corrected chi connectivity index (χ3v) is 11.7. The van der Waals surface area contributed by atoms with Crippen molar-refractivity contribution in [1.29, 1.82) is 0 Å². The summed E-state index contributed by atoms with van der Waals surface area (Å²) < 4.78 is 20.7. The first-order chi connectivity index (χ1) is 39.7.